The van der Waals surface area contributed by atoms with Crippen molar-refractivity contribution in [3.8, 4) is 5.75 Å². The Morgan fingerprint density at radius 2 is 2.06 bits per heavy atom. The summed E-state index contributed by atoms with van der Waals surface area (Å²) in [4.78, 5) is 22.1. The molecule has 0 amide bonds. The van der Waals surface area contributed by atoms with Gasteiger partial charge in [-0.3, -0.25) is 9.59 Å². The van der Waals surface area contributed by atoms with Gasteiger partial charge in [0.05, 0.1) is 5.56 Å². The number of aldehydes is 1. The third-order valence-electron chi connectivity index (χ3n) is 2.64. The van der Waals surface area contributed by atoms with Crippen molar-refractivity contribution in [3.05, 3.63) is 22.8 Å². The van der Waals surface area contributed by atoms with Crippen molar-refractivity contribution in [1.29, 1.82) is 0 Å². The second-order valence-corrected chi connectivity index (χ2v) is 3.76. The van der Waals surface area contributed by atoms with Gasteiger partial charge in [0.15, 0.2) is 6.29 Å². The summed E-state index contributed by atoms with van der Waals surface area (Å²) in [7, 11) is 0. The van der Waals surface area contributed by atoms with Gasteiger partial charge in [0.2, 0.25) is 0 Å². The van der Waals surface area contributed by atoms with Crippen LogP contribution in [0.3, 0.4) is 0 Å². The van der Waals surface area contributed by atoms with Crippen LogP contribution in [0.15, 0.2) is 6.07 Å². The Balaban J connectivity index is 3.48. The molecule has 92 valence electrons. The van der Waals surface area contributed by atoms with Crippen LogP contribution >= 0.6 is 0 Å². The highest BCUT2D eigenvalue weighted by atomic mass is 16.5. The van der Waals surface area contributed by atoms with Gasteiger partial charge in [0, 0.05) is 18.2 Å². The number of rotatable bonds is 4. The summed E-state index contributed by atoms with van der Waals surface area (Å²) in [5, 5.41) is 0. The predicted octanol–water partition coefficient (Wildman–Crippen LogP) is 2.13. The smallest absolute Gasteiger partial charge is 0.308 e. The minimum Gasteiger partial charge on any atom is -0.426 e. The lowest BCUT2D eigenvalue weighted by molar-refractivity contribution is -0.131. The maximum Gasteiger partial charge on any atom is 0.308 e. The molecule has 2 N–H and O–H groups in total. The van der Waals surface area contributed by atoms with Crippen molar-refractivity contribution in [1.82, 2.24) is 0 Å². The third-order valence-corrected chi connectivity index (χ3v) is 2.64. The summed E-state index contributed by atoms with van der Waals surface area (Å²) in [6, 6.07) is 1.68. The van der Waals surface area contributed by atoms with E-state index < -0.39 is 5.97 Å². The standard InChI is InChI=1S/C13H17NO3/c1-4-9-6-10(7-15)13(17-8(3)16)11(5-2)12(9)14/h6-7H,4-5,14H2,1-3H3. The van der Waals surface area contributed by atoms with E-state index in [4.69, 9.17) is 10.5 Å². The van der Waals surface area contributed by atoms with Crippen LogP contribution in [0.4, 0.5) is 5.69 Å². The first-order valence-corrected chi connectivity index (χ1v) is 5.62. The van der Waals surface area contributed by atoms with Crippen LogP contribution in [0.25, 0.3) is 0 Å². The summed E-state index contributed by atoms with van der Waals surface area (Å²) in [5.41, 5.74) is 8.61. The summed E-state index contributed by atoms with van der Waals surface area (Å²) < 4.78 is 5.09. The van der Waals surface area contributed by atoms with Crippen LogP contribution in [0, 0.1) is 0 Å². The Bertz CT molecular complexity index is 452. The highest BCUT2D eigenvalue weighted by molar-refractivity contribution is 5.86. The molecule has 0 radical (unpaired) electrons. The maximum atomic E-state index is 11.0. The largest absolute Gasteiger partial charge is 0.426 e. The van der Waals surface area contributed by atoms with Crippen molar-refractivity contribution >= 4 is 17.9 Å². The number of nitrogens with two attached hydrogens (primary N) is 1. The zero-order valence-electron chi connectivity index (χ0n) is 10.4. The summed E-state index contributed by atoms with van der Waals surface area (Å²) >= 11 is 0. The van der Waals surface area contributed by atoms with Gasteiger partial charge in [-0.25, -0.2) is 0 Å². The van der Waals surface area contributed by atoms with Gasteiger partial charge < -0.3 is 10.5 Å². The van der Waals surface area contributed by atoms with E-state index in [0.29, 0.717) is 29.7 Å². The zero-order valence-corrected chi connectivity index (χ0v) is 10.4. The number of hydrogen-bond donors (Lipinski definition) is 1. The highest BCUT2D eigenvalue weighted by Crippen LogP contribution is 2.32. The van der Waals surface area contributed by atoms with Gasteiger partial charge in [-0.15, -0.1) is 0 Å². The molecule has 0 saturated carbocycles. The normalized spacial score (nSPS) is 10.1. The lowest BCUT2D eigenvalue weighted by Gasteiger charge is -2.15. The lowest BCUT2D eigenvalue weighted by Crippen LogP contribution is -2.10. The van der Waals surface area contributed by atoms with Gasteiger partial charge in [-0.1, -0.05) is 13.8 Å². The Morgan fingerprint density at radius 3 is 2.47 bits per heavy atom. The van der Waals surface area contributed by atoms with Crippen LogP contribution in [0.1, 0.15) is 42.3 Å². The van der Waals surface area contributed by atoms with Crippen molar-refractivity contribution in [2.45, 2.75) is 33.6 Å². The van der Waals surface area contributed by atoms with Crippen molar-refractivity contribution in [2.24, 2.45) is 0 Å². The number of benzene rings is 1. The Labute approximate surface area is 101 Å². The number of nitrogen functional groups attached to an aromatic ring is 1. The van der Waals surface area contributed by atoms with Gasteiger partial charge >= 0.3 is 5.97 Å². The first kappa shape index (κ1) is 13.2. The number of ether oxygens (including phenoxy) is 1. The first-order chi connectivity index (χ1) is 8.04. The quantitative estimate of drug-likeness (QED) is 0.375. The fraction of sp³-hybridized carbons (Fsp3) is 0.385. The van der Waals surface area contributed by atoms with Crippen LogP contribution in [-0.4, -0.2) is 12.3 Å². The molecule has 1 rings (SSSR count). The molecule has 0 heterocycles. The molecule has 0 aliphatic rings. The SMILES string of the molecule is CCc1cc(C=O)c(OC(C)=O)c(CC)c1N. The number of aryl methyl sites for hydroxylation is 1. The van der Waals surface area contributed by atoms with Gasteiger partial charge in [0.1, 0.15) is 5.75 Å². The van der Waals surface area contributed by atoms with Crippen molar-refractivity contribution in [3.63, 3.8) is 0 Å². The molecule has 1 aromatic carbocycles. The molecule has 4 heteroatoms. The van der Waals surface area contributed by atoms with E-state index in [1.807, 2.05) is 13.8 Å². The molecule has 0 unspecified atom stereocenters. The maximum absolute atomic E-state index is 11.0. The lowest BCUT2D eigenvalue weighted by atomic mass is 9.98. The second-order valence-electron chi connectivity index (χ2n) is 3.76. The van der Waals surface area contributed by atoms with Crippen LogP contribution in [-0.2, 0) is 17.6 Å². The minimum atomic E-state index is -0.452. The molecular weight excluding hydrogens is 218 g/mol. The molecule has 0 fully saturated rings. The predicted molar refractivity (Wildman–Crippen MR) is 66.3 cm³/mol. The topological polar surface area (TPSA) is 69.4 Å². The Kier molecular flexibility index (Phi) is 4.26. The number of esters is 1. The number of hydrogen-bond acceptors (Lipinski definition) is 4. The molecule has 0 aliphatic heterocycles. The Hall–Kier alpha value is -1.84. The average Bonchev–Trinajstić information content (AvgIpc) is 2.29. The van der Waals surface area contributed by atoms with E-state index in [0.717, 1.165) is 17.5 Å². The molecule has 0 spiro atoms. The molecule has 0 bridgehead atoms. The molecule has 0 saturated heterocycles. The molecule has 4 nitrogen and oxygen atoms in total. The van der Waals surface area contributed by atoms with Gasteiger partial charge in [-0.2, -0.15) is 0 Å². The molecule has 1 aromatic rings. The minimum absolute atomic E-state index is 0.296. The number of carbonyl (C=O) groups excluding carboxylic acids is 2. The van der Waals surface area contributed by atoms with Crippen LogP contribution in [0.2, 0.25) is 0 Å². The zero-order chi connectivity index (χ0) is 13.0. The first-order valence-electron chi connectivity index (χ1n) is 5.62. The molecular formula is C13H17NO3. The van der Waals surface area contributed by atoms with E-state index in [1.165, 1.54) is 6.92 Å². The molecule has 0 atom stereocenters. The van der Waals surface area contributed by atoms with E-state index in [9.17, 15) is 9.59 Å². The second kappa shape index (κ2) is 5.48. The Morgan fingerprint density at radius 1 is 1.41 bits per heavy atom. The van der Waals surface area contributed by atoms with Crippen molar-refractivity contribution in [2.75, 3.05) is 5.73 Å². The van der Waals surface area contributed by atoms with Gasteiger partial charge in [0.25, 0.3) is 0 Å². The van der Waals surface area contributed by atoms with Crippen LogP contribution in [0.5, 0.6) is 5.75 Å². The molecule has 0 aliphatic carbocycles. The monoisotopic (exact) mass is 235 g/mol. The fourth-order valence-electron chi connectivity index (χ4n) is 1.82. The highest BCUT2D eigenvalue weighted by Gasteiger charge is 2.16. The summed E-state index contributed by atoms with van der Waals surface area (Å²) in [5.74, 6) is -0.156. The summed E-state index contributed by atoms with van der Waals surface area (Å²) in [6.45, 7) is 5.18. The number of anilines is 1. The van der Waals surface area contributed by atoms with E-state index in [1.54, 1.807) is 6.07 Å². The molecule has 0 aromatic heterocycles. The van der Waals surface area contributed by atoms with Gasteiger partial charge in [-0.05, 0) is 24.5 Å². The fourth-order valence-corrected chi connectivity index (χ4v) is 1.82. The molecule has 17 heavy (non-hydrogen) atoms. The van der Waals surface area contributed by atoms with Crippen LogP contribution < -0.4 is 10.5 Å². The number of carbonyl (C=O) groups is 2. The van der Waals surface area contributed by atoms with Crippen molar-refractivity contribution < 1.29 is 14.3 Å². The summed E-state index contributed by atoms with van der Waals surface area (Å²) in [6.07, 6.45) is 2.04. The average molecular weight is 235 g/mol. The van der Waals surface area contributed by atoms with E-state index in [-0.39, 0.29) is 0 Å². The van der Waals surface area contributed by atoms with E-state index in [2.05, 4.69) is 0 Å². The third kappa shape index (κ3) is 2.64. The van der Waals surface area contributed by atoms with E-state index >= 15 is 0 Å².